The molecule has 2 heterocycles. The van der Waals surface area contributed by atoms with Gasteiger partial charge < -0.3 is 9.94 Å². The van der Waals surface area contributed by atoms with Crippen LogP contribution in [0.5, 0.6) is 0 Å². The van der Waals surface area contributed by atoms with E-state index in [1.807, 2.05) is 18.2 Å². The van der Waals surface area contributed by atoms with Crippen LogP contribution in [-0.2, 0) is 9.63 Å². The molecule has 0 saturated carbocycles. The van der Waals surface area contributed by atoms with Crippen molar-refractivity contribution in [2.45, 2.75) is 18.9 Å². The van der Waals surface area contributed by atoms with Crippen molar-refractivity contribution in [3.8, 4) is 0 Å². The quantitative estimate of drug-likeness (QED) is 0.923. The Bertz CT molecular complexity index is 744. The fraction of sp³-hybridized carbons (Fsp3) is 0.214. The number of nitrogens with zero attached hydrogens (tertiary/aromatic N) is 2. The molecule has 0 spiro atoms. The predicted octanol–water partition coefficient (Wildman–Crippen LogP) is 2.86. The smallest absolute Gasteiger partial charge is 0.351 e. The molecular formula is C14H11ClN2O3. The molecule has 0 bridgehead atoms. The van der Waals surface area contributed by atoms with Crippen molar-refractivity contribution in [2.24, 2.45) is 5.16 Å². The van der Waals surface area contributed by atoms with Gasteiger partial charge in [-0.15, -0.1) is 0 Å². The van der Waals surface area contributed by atoms with E-state index in [1.165, 1.54) is 6.92 Å². The summed E-state index contributed by atoms with van der Waals surface area (Å²) >= 11 is 5.92. The fourth-order valence-corrected chi connectivity index (χ4v) is 2.26. The second kappa shape index (κ2) is 4.45. The van der Waals surface area contributed by atoms with Crippen LogP contribution in [0.3, 0.4) is 0 Å². The lowest BCUT2D eigenvalue weighted by molar-refractivity contribution is -0.160. The van der Waals surface area contributed by atoms with Gasteiger partial charge in [0.2, 0.25) is 5.60 Å². The van der Waals surface area contributed by atoms with Crippen molar-refractivity contribution in [3.05, 3.63) is 41.0 Å². The second-order valence-electron chi connectivity index (χ2n) is 4.90. The van der Waals surface area contributed by atoms with E-state index in [2.05, 4.69) is 10.1 Å². The Morgan fingerprint density at radius 2 is 2.25 bits per heavy atom. The van der Waals surface area contributed by atoms with Crippen molar-refractivity contribution < 1.29 is 14.7 Å². The van der Waals surface area contributed by atoms with Crippen LogP contribution in [0.4, 0.5) is 0 Å². The summed E-state index contributed by atoms with van der Waals surface area (Å²) in [4.78, 5) is 20.4. The van der Waals surface area contributed by atoms with Crippen molar-refractivity contribution in [2.75, 3.05) is 0 Å². The van der Waals surface area contributed by atoms with Crippen LogP contribution in [0, 0.1) is 0 Å². The first-order chi connectivity index (χ1) is 9.48. The lowest BCUT2D eigenvalue weighted by Crippen LogP contribution is -2.35. The van der Waals surface area contributed by atoms with Gasteiger partial charge in [0, 0.05) is 23.6 Å². The Morgan fingerprint density at radius 1 is 1.45 bits per heavy atom. The third-order valence-corrected chi connectivity index (χ3v) is 3.50. The average Bonchev–Trinajstić information content (AvgIpc) is 2.82. The van der Waals surface area contributed by atoms with E-state index >= 15 is 0 Å². The van der Waals surface area contributed by atoms with Gasteiger partial charge in [-0.2, -0.15) is 0 Å². The predicted molar refractivity (Wildman–Crippen MR) is 75.0 cm³/mol. The van der Waals surface area contributed by atoms with Crippen LogP contribution in [0.1, 0.15) is 18.9 Å². The third-order valence-electron chi connectivity index (χ3n) is 3.30. The third kappa shape index (κ3) is 2.10. The molecule has 1 N–H and O–H groups in total. The molecular weight excluding hydrogens is 280 g/mol. The Labute approximate surface area is 119 Å². The van der Waals surface area contributed by atoms with Gasteiger partial charge in [-0.05, 0) is 25.1 Å². The van der Waals surface area contributed by atoms with Gasteiger partial charge in [0.05, 0.1) is 16.3 Å². The molecule has 0 aliphatic carbocycles. The summed E-state index contributed by atoms with van der Waals surface area (Å²) in [7, 11) is 0. The Kier molecular flexibility index (Phi) is 2.87. The molecule has 0 radical (unpaired) electrons. The normalized spacial score (nSPS) is 21.6. The number of hydrogen-bond acceptors (Lipinski definition) is 4. The van der Waals surface area contributed by atoms with Crippen LogP contribution in [0.2, 0.25) is 5.02 Å². The summed E-state index contributed by atoms with van der Waals surface area (Å²) in [6, 6.07) is 7.38. The molecule has 0 amide bonds. The maximum atomic E-state index is 11.1. The number of carbonyl (C=O) groups is 1. The topological polar surface area (TPSA) is 71.8 Å². The highest BCUT2D eigenvalue weighted by Gasteiger charge is 2.42. The average molecular weight is 291 g/mol. The maximum absolute atomic E-state index is 11.1. The van der Waals surface area contributed by atoms with E-state index in [0.29, 0.717) is 10.7 Å². The van der Waals surface area contributed by atoms with Crippen LogP contribution in [0.25, 0.3) is 10.9 Å². The van der Waals surface area contributed by atoms with E-state index in [0.717, 1.165) is 16.5 Å². The standard InChI is InChI=1S/C14H11ClN2O3/c1-14(13(18)19)6-12(17-20-14)8-2-3-11-9(4-8)5-10(15)7-16-11/h2-5,7H,6H2,1H3,(H,18,19). The monoisotopic (exact) mass is 290 g/mol. The van der Waals surface area contributed by atoms with Crippen molar-refractivity contribution in [1.29, 1.82) is 0 Å². The van der Waals surface area contributed by atoms with Crippen LogP contribution < -0.4 is 0 Å². The van der Waals surface area contributed by atoms with Crippen LogP contribution in [0.15, 0.2) is 35.6 Å². The van der Waals surface area contributed by atoms with Gasteiger partial charge in [0.25, 0.3) is 0 Å². The van der Waals surface area contributed by atoms with E-state index in [9.17, 15) is 4.79 Å². The first kappa shape index (κ1) is 12.9. The first-order valence-electron chi connectivity index (χ1n) is 6.02. The molecule has 1 unspecified atom stereocenters. The number of aliphatic carboxylic acids is 1. The Balaban J connectivity index is 1.98. The van der Waals surface area contributed by atoms with Gasteiger partial charge >= 0.3 is 5.97 Å². The highest BCUT2D eigenvalue weighted by molar-refractivity contribution is 6.31. The van der Waals surface area contributed by atoms with Crippen molar-refractivity contribution in [1.82, 2.24) is 4.98 Å². The Hall–Kier alpha value is -2.14. The molecule has 2 aromatic rings. The molecule has 1 aliphatic heterocycles. The van der Waals surface area contributed by atoms with Crippen LogP contribution in [-0.4, -0.2) is 27.4 Å². The SMILES string of the molecule is CC1(C(=O)O)CC(c2ccc3ncc(Cl)cc3c2)=NO1. The molecule has 1 atom stereocenters. The van der Waals surface area contributed by atoms with Gasteiger partial charge in [-0.1, -0.05) is 22.8 Å². The van der Waals surface area contributed by atoms with Crippen molar-refractivity contribution in [3.63, 3.8) is 0 Å². The number of pyridine rings is 1. The zero-order valence-electron chi connectivity index (χ0n) is 10.6. The summed E-state index contributed by atoms with van der Waals surface area (Å²) in [5.74, 6) is -1.03. The summed E-state index contributed by atoms with van der Waals surface area (Å²) in [5, 5.41) is 14.4. The lowest BCUT2D eigenvalue weighted by Gasteiger charge is -2.14. The number of carboxylic acid groups (broad SMARTS) is 1. The number of benzene rings is 1. The van der Waals surface area contributed by atoms with Gasteiger partial charge in [0.15, 0.2) is 0 Å². The molecule has 0 saturated heterocycles. The highest BCUT2D eigenvalue weighted by atomic mass is 35.5. The van der Waals surface area contributed by atoms with Gasteiger partial charge in [0.1, 0.15) is 0 Å². The Morgan fingerprint density at radius 3 is 2.95 bits per heavy atom. The number of aromatic nitrogens is 1. The van der Waals surface area contributed by atoms with Gasteiger partial charge in [-0.3, -0.25) is 4.98 Å². The molecule has 102 valence electrons. The number of oxime groups is 1. The minimum Gasteiger partial charge on any atom is -0.478 e. The van der Waals surface area contributed by atoms with Crippen LogP contribution >= 0.6 is 11.6 Å². The molecule has 1 aliphatic rings. The fourth-order valence-electron chi connectivity index (χ4n) is 2.09. The summed E-state index contributed by atoms with van der Waals surface area (Å²) in [6.45, 7) is 1.51. The molecule has 5 nitrogen and oxygen atoms in total. The number of carboxylic acids is 1. The number of halogens is 1. The number of fused-ring (bicyclic) bond motifs is 1. The molecule has 0 fully saturated rings. The highest BCUT2D eigenvalue weighted by Crippen LogP contribution is 2.28. The molecule has 1 aromatic carbocycles. The maximum Gasteiger partial charge on any atom is 0.351 e. The summed E-state index contributed by atoms with van der Waals surface area (Å²) < 4.78 is 0. The zero-order chi connectivity index (χ0) is 14.3. The summed E-state index contributed by atoms with van der Waals surface area (Å²) in [5.41, 5.74) is 0.943. The number of hydrogen-bond donors (Lipinski definition) is 1. The lowest BCUT2D eigenvalue weighted by atomic mass is 9.95. The minimum atomic E-state index is -1.29. The molecule has 3 rings (SSSR count). The van der Waals surface area contributed by atoms with Crippen molar-refractivity contribution >= 4 is 34.2 Å². The van der Waals surface area contributed by atoms with Gasteiger partial charge in [-0.25, -0.2) is 4.79 Å². The minimum absolute atomic E-state index is 0.224. The molecule has 20 heavy (non-hydrogen) atoms. The molecule has 1 aromatic heterocycles. The zero-order valence-corrected chi connectivity index (χ0v) is 11.4. The largest absolute Gasteiger partial charge is 0.478 e. The van der Waals surface area contributed by atoms with E-state index in [4.69, 9.17) is 21.5 Å². The van der Waals surface area contributed by atoms with E-state index in [-0.39, 0.29) is 6.42 Å². The second-order valence-corrected chi connectivity index (χ2v) is 5.34. The number of rotatable bonds is 2. The summed E-state index contributed by atoms with van der Waals surface area (Å²) in [6.07, 6.45) is 1.81. The van der Waals surface area contributed by atoms with E-state index < -0.39 is 11.6 Å². The first-order valence-corrected chi connectivity index (χ1v) is 6.40. The van der Waals surface area contributed by atoms with E-state index in [1.54, 1.807) is 12.3 Å². The molecule has 6 heteroatoms.